The van der Waals surface area contributed by atoms with Crippen molar-refractivity contribution in [3.8, 4) is 0 Å². The van der Waals surface area contributed by atoms with Gasteiger partial charge in [0.05, 0.1) is 30.5 Å². The first kappa shape index (κ1) is 22.9. The first-order valence-electron chi connectivity index (χ1n) is 12.1. The highest BCUT2D eigenvalue weighted by Gasteiger charge is 2.27. The van der Waals surface area contributed by atoms with Crippen molar-refractivity contribution in [1.82, 2.24) is 19.9 Å². The molecule has 6 rings (SSSR count). The highest BCUT2D eigenvalue weighted by Crippen LogP contribution is 2.40. The second kappa shape index (κ2) is 10.2. The van der Waals surface area contributed by atoms with Gasteiger partial charge in [-0.25, -0.2) is 9.97 Å². The van der Waals surface area contributed by atoms with Crippen molar-refractivity contribution in [3.05, 3.63) is 102 Å². The Kier molecular flexibility index (Phi) is 6.51. The van der Waals surface area contributed by atoms with Crippen LogP contribution in [0, 0.1) is 0 Å². The van der Waals surface area contributed by atoms with Crippen molar-refractivity contribution in [2.45, 2.75) is 16.8 Å². The predicted molar refractivity (Wildman–Crippen MR) is 143 cm³/mol. The summed E-state index contributed by atoms with van der Waals surface area (Å²) in [5, 5.41) is 2.27. The van der Waals surface area contributed by atoms with Crippen LogP contribution in [-0.2, 0) is 11.3 Å². The number of aromatic nitrogens is 3. The van der Waals surface area contributed by atoms with Crippen molar-refractivity contribution in [1.29, 1.82) is 0 Å². The summed E-state index contributed by atoms with van der Waals surface area (Å²) in [6.45, 7) is 3.84. The lowest BCUT2D eigenvalue weighted by Crippen LogP contribution is -2.36. The Balaban J connectivity index is 1.41. The van der Waals surface area contributed by atoms with Crippen LogP contribution in [0.3, 0.4) is 0 Å². The van der Waals surface area contributed by atoms with Crippen molar-refractivity contribution < 1.29 is 9.53 Å². The van der Waals surface area contributed by atoms with E-state index in [0.717, 1.165) is 64.5 Å². The van der Waals surface area contributed by atoms with E-state index in [2.05, 4.69) is 9.88 Å². The lowest BCUT2D eigenvalue weighted by molar-refractivity contribution is 0.0330. The van der Waals surface area contributed by atoms with Crippen LogP contribution in [-0.4, -0.2) is 51.9 Å². The summed E-state index contributed by atoms with van der Waals surface area (Å²) in [5.74, 6) is 0.825. The molecule has 0 amide bonds. The smallest absolute Gasteiger partial charge is 0.182 e. The molecule has 2 aromatic heterocycles. The van der Waals surface area contributed by atoms with Gasteiger partial charge in [0, 0.05) is 41.1 Å². The standard InChI is InChI=1S/C29H26N4O2S/c34-27(23-18-30-24-12-6-4-10-21(23)24)28(20-8-2-1-3-9-20)36-29-22-11-5-7-13-25(22)31-26(32-29)19-33-14-16-35-17-15-33/h1-13,18,28,30H,14-17,19H2. The number of hydrogen-bond acceptors (Lipinski definition) is 6. The molecule has 1 N–H and O–H groups in total. The number of benzene rings is 3. The number of morpholine rings is 1. The molecule has 5 aromatic rings. The number of rotatable bonds is 7. The number of hydrogen-bond donors (Lipinski definition) is 1. The molecule has 1 aliphatic heterocycles. The summed E-state index contributed by atoms with van der Waals surface area (Å²) in [7, 11) is 0. The molecule has 36 heavy (non-hydrogen) atoms. The molecule has 1 unspecified atom stereocenters. The minimum Gasteiger partial charge on any atom is -0.379 e. The number of H-pyrrole nitrogens is 1. The average Bonchev–Trinajstić information content (AvgIpc) is 3.37. The van der Waals surface area contributed by atoms with Gasteiger partial charge in [-0.05, 0) is 17.7 Å². The minimum atomic E-state index is -0.444. The number of ether oxygens (including phenoxy) is 1. The highest BCUT2D eigenvalue weighted by molar-refractivity contribution is 8.00. The second-order valence-electron chi connectivity index (χ2n) is 8.87. The van der Waals surface area contributed by atoms with Crippen LogP contribution in [0.4, 0.5) is 0 Å². The van der Waals surface area contributed by atoms with E-state index in [1.54, 1.807) is 0 Å². The summed E-state index contributed by atoms with van der Waals surface area (Å²) in [4.78, 5) is 29.5. The number of aromatic amines is 1. The maximum atomic E-state index is 14.1. The van der Waals surface area contributed by atoms with Crippen molar-refractivity contribution >= 4 is 39.4 Å². The number of carbonyl (C=O) groups excluding carboxylic acids is 1. The second-order valence-corrected chi connectivity index (χ2v) is 9.97. The molecule has 0 bridgehead atoms. The average molecular weight is 495 g/mol. The van der Waals surface area contributed by atoms with E-state index in [0.29, 0.717) is 12.1 Å². The van der Waals surface area contributed by atoms with Gasteiger partial charge in [0.1, 0.15) is 10.9 Å². The number of Topliss-reactive ketones (excluding diaryl/α,β-unsaturated/α-hetero) is 1. The number of nitrogens with zero attached hydrogens (tertiary/aromatic N) is 3. The first-order chi connectivity index (χ1) is 17.8. The molecule has 0 aliphatic carbocycles. The molecule has 0 spiro atoms. The van der Waals surface area contributed by atoms with Crippen LogP contribution in [0.5, 0.6) is 0 Å². The molecule has 1 atom stereocenters. The van der Waals surface area contributed by atoms with E-state index in [9.17, 15) is 4.79 Å². The van der Waals surface area contributed by atoms with E-state index in [-0.39, 0.29) is 5.78 Å². The Hall–Kier alpha value is -3.52. The molecule has 3 heterocycles. The summed E-state index contributed by atoms with van der Waals surface area (Å²) in [6, 6.07) is 25.9. The molecule has 1 aliphatic rings. The van der Waals surface area contributed by atoms with Gasteiger partial charge in [-0.3, -0.25) is 9.69 Å². The van der Waals surface area contributed by atoms with E-state index in [4.69, 9.17) is 14.7 Å². The van der Waals surface area contributed by atoms with E-state index in [1.165, 1.54) is 11.8 Å². The maximum Gasteiger partial charge on any atom is 0.182 e. The molecule has 6 nitrogen and oxygen atoms in total. The van der Waals surface area contributed by atoms with E-state index < -0.39 is 5.25 Å². The fraction of sp³-hybridized carbons (Fsp3) is 0.207. The number of para-hydroxylation sites is 2. The zero-order chi connectivity index (χ0) is 24.3. The van der Waals surface area contributed by atoms with Crippen LogP contribution in [0.1, 0.15) is 27.0 Å². The predicted octanol–water partition coefficient (Wildman–Crippen LogP) is 5.66. The van der Waals surface area contributed by atoms with Gasteiger partial charge in [-0.1, -0.05) is 78.5 Å². The zero-order valence-electron chi connectivity index (χ0n) is 19.8. The highest BCUT2D eigenvalue weighted by atomic mass is 32.2. The molecule has 1 saturated heterocycles. The van der Waals surface area contributed by atoms with Crippen LogP contribution >= 0.6 is 11.8 Å². The number of ketones is 1. The summed E-state index contributed by atoms with van der Waals surface area (Å²) in [5.41, 5.74) is 3.50. The van der Waals surface area contributed by atoms with Gasteiger partial charge in [0.15, 0.2) is 5.78 Å². The van der Waals surface area contributed by atoms with E-state index >= 15 is 0 Å². The number of nitrogens with one attached hydrogen (secondary N) is 1. The van der Waals surface area contributed by atoms with Crippen molar-refractivity contribution in [2.24, 2.45) is 0 Å². The summed E-state index contributed by atoms with van der Waals surface area (Å²) >= 11 is 1.50. The number of thioether (sulfide) groups is 1. The van der Waals surface area contributed by atoms with Crippen molar-refractivity contribution in [3.63, 3.8) is 0 Å². The molecule has 0 radical (unpaired) electrons. The van der Waals surface area contributed by atoms with Crippen LogP contribution in [0.25, 0.3) is 21.8 Å². The van der Waals surface area contributed by atoms with Gasteiger partial charge in [-0.15, -0.1) is 0 Å². The third-order valence-corrected chi connectivity index (χ3v) is 7.76. The van der Waals surface area contributed by atoms with Crippen LogP contribution < -0.4 is 0 Å². The molecular weight excluding hydrogens is 468 g/mol. The Morgan fingerprint density at radius 3 is 2.47 bits per heavy atom. The molecular formula is C29H26N4O2S. The van der Waals surface area contributed by atoms with Gasteiger partial charge in [0.25, 0.3) is 0 Å². The number of fused-ring (bicyclic) bond motifs is 2. The lowest BCUT2D eigenvalue weighted by Gasteiger charge is -2.26. The molecule has 1 fully saturated rings. The Morgan fingerprint density at radius 2 is 1.64 bits per heavy atom. The van der Waals surface area contributed by atoms with Crippen LogP contribution in [0.15, 0.2) is 90.1 Å². The Labute approximate surface area is 213 Å². The maximum absolute atomic E-state index is 14.1. The Bertz CT molecular complexity index is 1510. The summed E-state index contributed by atoms with van der Waals surface area (Å²) < 4.78 is 5.50. The third-order valence-electron chi connectivity index (χ3n) is 6.51. The normalized spacial score (nSPS) is 15.3. The monoisotopic (exact) mass is 494 g/mol. The van der Waals surface area contributed by atoms with Crippen LogP contribution in [0.2, 0.25) is 0 Å². The Morgan fingerprint density at radius 1 is 0.917 bits per heavy atom. The molecule has 180 valence electrons. The lowest BCUT2D eigenvalue weighted by atomic mass is 10.0. The quantitative estimate of drug-likeness (QED) is 0.179. The fourth-order valence-corrected chi connectivity index (χ4v) is 5.85. The summed E-state index contributed by atoms with van der Waals surface area (Å²) in [6.07, 6.45) is 1.82. The number of carbonyl (C=O) groups is 1. The van der Waals surface area contributed by atoms with Gasteiger partial charge < -0.3 is 9.72 Å². The minimum absolute atomic E-state index is 0.0565. The van der Waals surface area contributed by atoms with Gasteiger partial charge in [-0.2, -0.15) is 0 Å². The molecule has 7 heteroatoms. The third kappa shape index (κ3) is 4.65. The van der Waals surface area contributed by atoms with Gasteiger partial charge in [0.2, 0.25) is 0 Å². The zero-order valence-corrected chi connectivity index (χ0v) is 20.6. The largest absolute Gasteiger partial charge is 0.379 e. The topological polar surface area (TPSA) is 71.1 Å². The van der Waals surface area contributed by atoms with E-state index in [1.807, 2.05) is 85.1 Å². The first-order valence-corrected chi connectivity index (χ1v) is 13.0. The molecule has 3 aromatic carbocycles. The fourth-order valence-electron chi connectivity index (χ4n) is 4.64. The molecule has 0 saturated carbocycles. The van der Waals surface area contributed by atoms with Gasteiger partial charge >= 0.3 is 0 Å². The SMILES string of the molecule is O=C(c1c[nH]c2ccccc12)C(Sc1nc(CN2CCOCC2)nc2ccccc12)c1ccccc1. The van der Waals surface area contributed by atoms with Crippen molar-refractivity contribution in [2.75, 3.05) is 26.3 Å².